The van der Waals surface area contributed by atoms with Crippen molar-refractivity contribution in [1.29, 1.82) is 0 Å². The van der Waals surface area contributed by atoms with E-state index in [-0.39, 0.29) is 6.10 Å². The molecule has 0 spiro atoms. The van der Waals surface area contributed by atoms with Crippen LogP contribution in [0.1, 0.15) is 22.8 Å². The molecule has 3 nitrogen and oxygen atoms in total. The van der Waals surface area contributed by atoms with Gasteiger partial charge in [0, 0.05) is 6.42 Å². The van der Waals surface area contributed by atoms with E-state index in [1.54, 1.807) is 0 Å². The van der Waals surface area contributed by atoms with Gasteiger partial charge >= 0.3 is 5.97 Å². The SMILES string of the molecule is O=C(O)[C@@H]1Cc2ccccc2[C@H](c2ccccc2)O1. The van der Waals surface area contributed by atoms with Crippen molar-refractivity contribution in [3.63, 3.8) is 0 Å². The summed E-state index contributed by atoms with van der Waals surface area (Å²) in [5, 5.41) is 9.20. The van der Waals surface area contributed by atoms with Crippen LogP contribution in [0.25, 0.3) is 0 Å². The molecule has 2 atom stereocenters. The van der Waals surface area contributed by atoms with Gasteiger partial charge in [-0.15, -0.1) is 0 Å². The number of ether oxygens (including phenoxy) is 1. The fourth-order valence-electron chi connectivity index (χ4n) is 2.49. The molecule has 1 N–H and O–H groups in total. The molecule has 19 heavy (non-hydrogen) atoms. The summed E-state index contributed by atoms with van der Waals surface area (Å²) in [6.07, 6.45) is -0.651. The number of carbonyl (C=O) groups is 1. The smallest absolute Gasteiger partial charge is 0.333 e. The Labute approximate surface area is 111 Å². The first kappa shape index (κ1) is 11.9. The van der Waals surface area contributed by atoms with E-state index in [0.717, 1.165) is 16.7 Å². The third kappa shape index (κ3) is 2.25. The van der Waals surface area contributed by atoms with Crippen LogP contribution in [0.2, 0.25) is 0 Å². The standard InChI is InChI=1S/C16H14O3/c17-16(18)14-10-12-8-4-5-9-13(12)15(19-14)11-6-2-1-3-7-11/h1-9,14-15H,10H2,(H,17,18)/t14-,15-/m0/s1. The number of aliphatic carboxylic acids is 1. The van der Waals surface area contributed by atoms with Crippen molar-refractivity contribution < 1.29 is 14.6 Å². The van der Waals surface area contributed by atoms with Gasteiger partial charge < -0.3 is 9.84 Å². The molecule has 0 aromatic heterocycles. The average molecular weight is 254 g/mol. The summed E-state index contributed by atoms with van der Waals surface area (Å²) >= 11 is 0. The molecule has 0 radical (unpaired) electrons. The fraction of sp³-hybridized carbons (Fsp3) is 0.188. The highest BCUT2D eigenvalue weighted by molar-refractivity contribution is 5.73. The van der Waals surface area contributed by atoms with Crippen LogP contribution in [0, 0.1) is 0 Å². The van der Waals surface area contributed by atoms with Gasteiger partial charge in [0.15, 0.2) is 6.10 Å². The number of benzene rings is 2. The summed E-state index contributed by atoms with van der Waals surface area (Å²) in [5.74, 6) is -0.907. The zero-order valence-corrected chi connectivity index (χ0v) is 10.3. The molecule has 0 saturated carbocycles. The van der Waals surface area contributed by atoms with E-state index in [1.165, 1.54) is 0 Å². The van der Waals surface area contributed by atoms with Crippen LogP contribution in [-0.2, 0) is 16.0 Å². The highest BCUT2D eigenvalue weighted by Crippen LogP contribution is 2.35. The molecule has 3 heteroatoms. The Bertz CT molecular complexity index is 592. The number of fused-ring (bicyclic) bond motifs is 1. The van der Waals surface area contributed by atoms with Gasteiger partial charge in [-0.25, -0.2) is 4.79 Å². The third-order valence-corrected chi connectivity index (χ3v) is 3.42. The third-order valence-electron chi connectivity index (χ3n) is 3.42. The molecule has 1 heterocycles. The molecule has 1 aliphatic heterocycles. The molecule has 0 amide bonds. The molecular weight excluding hydrogens is 240 g/mol. The van der Waals surface area contributed by atoms with Crippen molar-refractivity contribution in [2.24, 2.45) is 0 Å². The Morgan fingerprint density at radius 1 is 1.05 bits per heavy atom. The second-order valence-corrected chi connectivity index (χ2v) is 4.66. The van der Waals surface area contributed by atoms with Gasteiger partial charge in [0.1, 0.15) is 6.10 Å². The van der Waals surface area contributed by atoms with Gasteiger partial charge in [0.05, 0.1) is 0 Å². The molecule has 0 bridgehead atoms. The van der Waals surface area contributed by atoms with Crippen LogP contribution in [0.5, 0.6) is 0 Å². The van der Waals surface area contributed by atoms with Crippen LogP contribution >= 0.6 is 0 Å². The number of rotatable bonds is 2. The van der Waals surface area contributed by atoms with E-state index >= 15 is 0 Å². The number of carboxylic acid groups (broad SMARTS) is 1. The minimum atomic E-state index is -0.907. The Kier molecular flexibility index (Phi) is 3.05. The van der Waals surface area contributed by atoms with Gasteiger partial charge in [0.25, 0.3) is 0 Å². The minimum absolute atomic E-state index is 0.299. The monoisotopic (exact) mass is 254 g/mol. The quantitative estimate of drug-likeness (QED) is 0.896. The maximum Gasteiger partial charge on any atom is 0.333 e. The molecule has 96 valence electrons. The molecule has 1 aliphatic rings. The van der Waals surface area contributed by atoms with Crippen molar-refractivity contribution in [2.75, 3.05) is 0 Å². The molecule has 0 fully saturated rings. The van der Waals surface area contributed by atoms with Crippen molar-refractivity contribution in [1.82, 2.24) is 0 Å². The Hall–Kier alpha value is -2.13. The second-order valence-electron chi connectivity index (χ2n) is 4.66. The lowest BCUT2D eigenvalue weighted by Crippen LogP contribution is -2.33. The van der Waals surface area contributed by atoms with E-state index in [1.807, 2.05) is 54.6 Å². The molecule has 0 saturated heterocycles. The molecule has 2 aromatic carbocycles. The molecule has 3 rings (SSSR count). The van der Waals surface area contributed by atoms with E-state index in [2.05, 4.69) is 0 Å². The zero-order valence-electron chi connectivity index (χ0n) is 10.3. The lowest BCUT2D eigenvalue weighted by atomic mass is 9.90. The van der Waals surface area contributed by atoms with Crippen LogP contribution in [-0.4, -0.2) is 17.2 Å². The first-order valence-electron chi connectivity index (χ1n) is 6.26. The van der Waals surface area contributed by atoms with Gasteiger partial charge in [-0.2, -0.15) is 0 Å². The normalized spacial score (nSPS) is 21.7. The summed E-state index contributed by atoms with van der Waals surface area (Å²) in [5.41, 5.74) is 3.10. The number of carboxylic acids is 1. The lowest BCUT2D eigenvalue weighted by molar-refractivity contribution is -0.154. The molecule has 2 aromatic rings. The largest absolute Gasteiger partial charge is 0.479 e. The Morgan fingerprint density at radius 2 is 1.74 bits per heavy atom. The maximum atomic E-state index is 11.2. The topological polar surface area (TPSA) is 46.5 Å². The molecular formula is C16H14O3. The molecule has 0 unspecified atom stereocenters. The highest BCUT2D eigenvalue weighted by atomic mass is 16.5. The summed E-state index contributed by atoms with van der Waals surface area (Å²) in [4.78, 5) is 11.2. The van der Waals surface area contributed by atoms with E-state index < -0.39 is 12.1 Å². The first-order chi connectivity index (χ1) is 9.25. The van der Waals surface area contributed by atoms with Gasteiger partial charge in [-0.1, -0.05) is 54.6 Å². The fourth-order valence-corrected chi connectivity index (χ4v) is 2.49. The number of hydrogen-bond acceptors (Lipinski definition) is 2. The van der Waals surface area contributed by atoms with E-state index in [9.17, 15) is 9.90 Å². The summed E-state index contributed by atoms with van der Waals surface area (Å²) in [6, 6.07) is 17.6. The lowest BCUT2D eigenvalue weighted by Gasteiger charge is -2.30. The van der Waals surface area contributed by atoms with Gasteiger partial charge in [-0.3, -0.25) is 0 Å². The zero-order chi connectivity index (χ0) is 13.2. The van der Waals surface area contributed by atoms with Crippen molar-refractivity contribution >= 4 is 5.97 Å². The van der Waals surface area contributed by atoms with E-state index in [4.69, 9.17) is 4.74 Å². The summed E-state index contributed by atoms with van der Waals surface area (Å²) in [6.45, 7) is 0. The highest BCUT2D eigenvalue weighted by Gasteiger charge is 2.32. The maximum absolute atomic E-state index is 11.2. The average Bonchev–Trinajstić information content (AvgIpc) is 2.47. The predicted molar refractivity (Wildman–Crippen MR) is 70.9 cm³/mol. The van der Waals surface area contributed by atoms with Crippen LogP contribution < -0.4 is 0 Å². The predicted octanol–water partition coefficient (Wildman–Crippen LogP) is 2.80. The Balaban J connectivity index is 2.06. The van der Waals surface area contributed by atoms with Gasteiger partial charge in [-0.05, 0) is 16.7 Å². The number of hydrogen-bond donors (Lipinski definition) is 1. The first-order valence-corrected chi connectivity index (χ1v) is 6.26. The Morgan fingerprint density at radius 3 is 2.47 bits per heavy atom. The van der Waals surface area contributed by atoms with Crippen LogP contribution in [0.15, 0.2) is 54.6 Å². The van der Waals surface area contributed by atoms with Crippen molar-refractivity contribution in [3.05, 3.63) is 71.3 Å². The summed E-state index contributed by atoms with van der Waals surface area (Å²) < 4.78 is 5.76. The van der Waals surface area contributed by atoms with Crippen molar-refractivity contribution in [3.8, 4) is 0 Å². The van der Waals surface area contributed by atoms with Crippen LogP contribution in [0.3, 0.4) is 0 Å². The second kappa shape index (κ2) is 4.86. The van der Waals surface area contributed by atoms with E-state index in [0.29, 0.717) is 6.42 Å². The van der Waals surface area contributed by atoms with Gasteiger partial charge in [0.2, 0.25) is 0 Å². The van der Waals surface area contributed by atoms with Crippen LogP contribution in [0.4, 0.5) is 0 Å². The summed E-state index contributed by atoms with van der Waals surface area (Å²) in [7, 11) is 0. The minimum Gasteiger partial charge on any atom is -0.479 e. The molecule has 0 aliphatic carbocycles. The van der Waals surface area contributed by atoms with Crippen molar-refractivity contribution in [2.45, 2.75) is 18.6 Å².